The van der Waals surface area contributed by atoms with Crippen molar-refractivity contribution in [2.75, 3.05) is 7.11 Å². The number of carbonyl (C=O) groups is 1. The molecule has 1 heterocycles. The summed E-state index contributed by atoms with van der Waals surface area (Å²) in [5.74, 6) is 0.546. The van der Waals surface area contributed by atoms with E-state index in [2.05, 4.69) is 11.1 Å². The Morgan fingerprint density at radius 2 is 2.21 bits per heavy atom. The van der Waals surface area contributed by atoms with Gasteiger partial charge in [-0.25, -0.2) is 4.98 Å². The molecule has 102 valence electrons. The molecule has 0 amide bonds. The Balaban J connectivity index is 1.91. The number of nitrogens with zero attached hydrogens (tertiary/aromatic N) is 3. The fraction of sp³-hybridized carbons (Fsp3) is 0.643. The van der Waals surface area contributed by atoms with Crippen LogP contribution in [0.1, 0.15) is 37.1 Å². The summed E-state index contributed by atoms with van der Waals surface area (Å²) in [6, 6.07) is 2.09. The number of methoxy groups -OCH3 is 1. The fourth-order valence-electron chi connectivity index (χ4n) is 2.76. The third kappa shape index (κ3) is 2.95. The van der Waals surface area contributed by atoms with Gasteiger partial charge in [0.15, 0.2) is 5.69 Å². The molecule has 0 bridgehead atoms. The van der Waals surface area contributed by atoms with E-state index in [0.717, 1.165) is 37.9 Å². The van der Waals surface area contributed by atoms with Gasteiger partial charge < -0.3 is 9.30 Å². The molecule has 0 spiro atoms. The lowest BCUT2D eigenvalue weighted by atomic mass is 9.82. The van der Waals surface area contributed by atoms with Gasteiger partial charge in [0.2, 0.25) is 0 Å². The molecule has 2 rings (SSSR count). The Kier molecular flexibility index (Phi) is 4.20. The number of carbonyl (C=O) groups excluding carboxylic acids is 1. The molecule has 19 heavy (non-hydrogen) atoms. The van der Waals surface area contributed by atoms with Gasteiger partial charge in [0.25, 0.3) is 0 Å². The lowest BCUT2D eigenvalue weighted by Gasteiger charge is -2.27. The molecule has 0 N–H and O–H groups in total. The number of imidazole rings is 1. The van der Waals surface area contributed by atoms with Gasteiger partial charge in [-0.05, 0) is 38.5 Å². The van der Waals surface area contributed by atoms with Crippen molar-refractivity contribution in [3.63, 3.8) is 0 Å². The molecule has 1 fully saturated rings. The van der Waals surface area contributed by atoms with Crippen molar-refractivity contribution in [3.05, 3.63) is 17.7 Å². The van der Waals surface area contributed by atoms with Crippen molar-refractivity contribution in [1.29, 1.82) is 5.26 Å². The average Bonchev–Trinajstić information content (AvgIpc) is 2.79. The van der Waals surface area contributed by atoms with E-state index in [1.165, 1.54) is 7.11 Å². The van der Waals surface area contributed by atoms with Crippen LogP contribution in [0.5, 0.6) is 0 Å². The number of hydrogen-bond acceptors (Lipinski definition) is 4. The van der Waals surface area contributed by atoms with Crippen LogP contribution in [0, 0.1) is 30.1 Å². The third-order valence-electron chi connectivity index (χ3n) is 4.04. The van der Waals surface area contributed by atoms with Crippen LogP contribution in [0.25, 0.3) is 0 Å². The molecular weight excluding hydrogens is 242 g/mol. The van der Waals surface area contributed by atoms with Crippen molar-refractivity contribution >= 4 is 5.97 Å². The summed E-state index contributed by atoms with van der Waals surface area (Å²) in [6.45, 7) is 2.81. The summed E-state index contributed by atoms with van der Waals surface area (Å²) in [5.41, 5.74) is 1.43. The molecule has 1 aromatic rings. The highest BCUT2D eigenvalue weighted by Gasteiger charge is 2.27. The summed E-state index contributed by atoms with van der Waals surface area (Å²) < 4.78 is 6.83. The van der Waals surface area contributed by atoms with Crippen molar-refractivity contribution in [1.82, 2.24) is 9.55 Å². The fourth-order valence-corrected chi connectivity index (χ4v) is 2.76. The first-order valence-corrected chi connectivity index (χ1v) is 6.65. The van der Waals surface area contributed by atoms with Gasteiger partial charge in [0.05, 0.1) is 25.0 Å². The molecule has 0 unspecified atom stereocenters. The zero-order valence-corrected chi connectivity index (χ0v) is 11.4. The summed E-state index contributed by atoms with van der Waals surface area (Å²) in [7, 11) is 1.45. The molecular formula is C14H19N3O2. The lowest BCUT2D eigenvalue weighted by Crippen LogP contribution is -2.25. The standard InChI is InChI=1S/C14H19N3O2/c1-10-13(7-15)16-9-17(10)8-11-3-5-12(6-4-11)14(18)19-2/h9,11-12H,3-6,8H2,1-2H3/t11-,12-. The molecule has 1 aromatic heterocycles. The molecule has 0 aliphatic heterocycles. The second-order valence-electron chi connectivity index (χ2n) is 5.18. The molecule has 0 atom stereocenters. The Hall–Kier alpha value is -1.83. The predicted octanol–water partition coefficient (Wildman–Crippen LogP) is 2.04. The normalized spacial score (nSPS) is 22.8. The molecule has 5 nitrogen and oxygen atoms in total. The van der Waals surface area contributed by atoms with Crippen molar-refractivity contribution in [3.8, 4) is 6.07 Å². The highest BCUT2D eigenvalue weighted by atomic mass is 16.5. The minimum atomic E-state index is -0.0796. The quantitative estimate of drug-likeness (QED) is 0.781. The maximum absolute atomic E-state index is 11.5. The van der Waals surface area contributed by atoms with Crippen LogP contribution < -0.4 is 0 Å². The first kappa shape index (κ1) is 13.6. The second kappa shape index (κ2) is 5.87. The minimum Gasteiger partial charge on any atom is -0.469 e. The van der Waals surface area contributed by atoms with Crippen molar-refractivity contribution in [2.45, 2.75) is 39.2 Å². The summed E-state index contributed by atoms with van der Waals surface area (Å²) >= 11 is 0. The van der Waals surface area contributed by atoms with Crippen LogP contribution in [-0.4, -0.2) is 22.6 Å². The molecule has 5 heteroatoms. The van der Waals surface area contributed by atoms with E-state index in [-0.39, 0.29) is 11.9 Å². The van der Waals surface area contributed by atoms with Crippen LogP contribution in [0.3, 0.4) is 0 Å². The van der Waals surface area contributed by atoms with Gasteiger partial charge in [0, 0.05) is 6.54 Å². The highest BCUT2D eigenvalue weighted by molar-refractivity contribution is 5.72. The largest absolute Gasteiger partial charge is 0.469 e. The Morgan fingerprint density at radius 1 is 1.53 bits per heavy atom. The number of aromatic nitrogens is 2. The first-order valence-electron chi connectivity index (χ1n) is 6.65. The molecule has 1 aliphatic carbocycles. The van der Waals surface area contributed by atoms with Crippen LogP contribution >= 0.6 is 0 Å². The molecule has 1 saturated carbocycles. The summed E-state index contributed by atoms with van der Waals surface area (Å²) in [4.78, 5) is 15.5. The van der Waals surface area contributed by atoms with Crippen LogP contribution in [0.15, 0.2) is 6.33 Å². The summed E-state index contributed by atoms with van der Waals surface area (Å²) in [6.07, 6.45) is 5.59. The molecule has 0 aromatic carbocycles. The van der Waals surface area contributed by atoms with Gasteiger partial charge in [-0.3, -0.25) is 4.79 Å². The van der Waals surface area contributed by atoms with E-state index in [1.54, 1.807) is 6.33 Å². The Morgan fingerprint density at radius 3 is 2.74 bits per heavy atom. The van der Waals surface area contributed by atoms with E-state index in [4.69, 9.17) is 10.00 Å². The number of ether oxygens (including phenoxy) is 1. The monoisotopic (exact) mass is 261 g/mol. The lowest BCUT2D eigenvalue weighted by molar-refractivity contribution is -0.146. The number of nitriles is 1. The van der Waals surface area contributed by atoms with Gasteiger partial charge in [-0.15, -0.1) is 0 Å². The average molecular weight is 261 g/mol. The summed E-state index contributed by atoms with van der Waals surface area (Å²) in [5, 5.41) is 8.88. The van der Waals surface area contributed by atoms with Crippen molar-refractivity contribution in [2.24, 2.45) is 11.8 Å². The minimum absolute atomic E-state index is 0.0693. The number of esters is 1. The van der Waals surface area contributed by atoms with Crippen molar-refractivity contribution < 1.29 is 9.53 Å². The SMILES string of the molecule is COC(=O)[C@H]1CC[C@H](Cn2cnc(C#N)c2C)CC1. The first-order chi connectivity index (χ1) is 9.15. The Bertz CT molecular complexity index is 493. The van der Waals surface area contributed by atoms with E-state index >= 15 is 0 Å². The number of rotatable bonds is 3. The van der Waals surface area contributed by atoms with Crippen LogP contribution in [0.4, 0.5) is 0 Å². The zero-order valence-electron chi connectivity index (χ0n) is 11.4. The van der Waals surface area contributed by atoms with Crippen LogP contribution in [0.2, 0.25) is 0 Å². The predicted molar refractivity (Wildman–Crippen MR) is 69.1 cm³/mol. The molecule has 0 radical (unpaired) electrons. The highest BCUT2D eigenvalue weighted by Crippen LogP contribution is 2.30. The maximum Gasteiger partial charge on any atom is 0.308 e. The smallest absolute Gasteiger partial charge is 0.308 e. The van der Waals surface area contributed by atoms with Gasteiger partial charge in [0.1, 0.15) is 6.07 Å². The van der Waals surface area contributed by atoms with Gasteiger partial charge in [-0.2, -0.15) is 5.26 Å². The third-order valence-corrected chi connectivity index (χ3v) is 4.04. The molecule has 1 aliphatic rings. The maximum atomic E-state index is 11.5. The van der Waals surface area contributed by atoms with E-state index in [1.807, 2.05) is 11.5 Å². The van der Waals surface area contributed by atoms with E-state index < -0.39 is 0 Å². The number of hydrogen-bond donors (Lipinski definition) is 0. The van der Waals surface area contributed by atoms with E-state index in [0.29, 0.717) is 11.6 Å². The zero-order chi connectivity index (χ0) is 13.8. The topological polar surface area (TPSA) is 67.9 Å². The Labute approximate surface area is 113 Å². The van der Waals surface area contributed by atoms with Gasteiger partial charge in [-0.1, -0.05) is 0 Å². The molecule has 0 saturated heterocycles. The van der Waals surface area contributed by atoms with Gasteiger partial charge >= 0.3 is 5.97 Å². The van der Waals surface area contributed by atoms with E-state index in [9.17, 15) is 4.79 Å². The second-order valence-corrected chi connectivity index (χ2v) is 5.18. The van der Waals surface area contributed by atoms with Crippen LogP contribution in [-0.2, 0) is 16.1 Å².